The number of ether oxygens (including phenoxy) is 2. The van der Waals surface area contributed by atoms with Crippen LogP contribution in [0.3, 0.4) is 0 Å². The van der Waals surface area contributed by atoms with E-state index >= 15 is 4.39 Å². The summed E-state index contributed by atoms with van der Waals surface area (Å²) in [4.78, 5) is 20.1. The van der Waals surface area contributed by atoms with Crippen LogP contribution in [0.15, 0.2) is 53.5 Å². The van der Waals surface area contributed by atoms with Gasteiger partial charge in [0.05, 0.1) is 23.8 Å². The molecule has 1 aliphatic heterocycles. The molecule has 3 heterocycles. The van der Waals surface area contributed by atoms with Crippen LogP contribution < -0.4 is 26.8 Å². The van der Waals surface area contributed by atoms with E-state index in [4.69, 9.17) is 15.9 Å². The van der Waals surface area contributed by atoms with Crippen LogP contribution in [-0.2, 0) is 11.2 Å². The van der Waals surface area contributed by atoms with E-state index in [0.29, 0.717) is 54.4 Å². The van der Waals surface area contributed by atoms with Gasteiger partial charge in [0.1, 0.15) is 5.65 Å². The maximum atomic E-state index is 15.5. The molecule has 0 unspecified atom stereocenters. The number of hydrogen-bond donors (Lipinski definition) is 5. The Kier molecular flexibility index (Phi) is 11.5. The first kappa shape index (κ1) is 35.4. The smallest absolute Gasteiger partial charge is 0.403 e. The summed E-state index contributed by atoms with van der Waals surface area (Å²) in [6, 6.07) is 11.8. The quantitative estimate of drug-likeness (QED) is 0.0710. The fraction of sp³-hybridized carbons (Fsp3) is 0.424. The summed E-state index contributed by atoms with van der Waals surface area (Å²) in [5.41, 5.74) is 7.65. The van der Waals surface area contributed by atoms with Gasteiger partial charge in [0.2, 0.25) is 0 Å². The van der Waals surface area contributed by atoms with Crippen LogP contribution in [0, 0.1) is 11.2 Å². The monoisotopic (exact) mass is 689 g/mol. The minimum atomic E-state index is -5.09. The Balaban J connectivity index is 1.38. The van der Waals surface area contributed by atoms with Crippen molar-refractivity contribution in [2.75, 3.05) is 31.8 Å². The van der Waals surface area contributed by atoms with E-state index in [-0.39, 0.29) is 29.0 Å². The molecule has 10 nitrogen and oxygen atoms in total. The van der Waals surface area contributed by atoms with Gasteiger partial charge < -0.3 is 30.8 Å². The first-order valence-corrected chi connectivity index (χ1v) is 16.7. The van der Waals surface area contributed by atoms with Crippen LogP contribution in [0.2, 0.25) is 0 Å². The lowest BCUT2D eigenvalue weighted by molar-refractivity contribution is -0.275. The van der Waals surface area contributed by atoms with Crippen LogP contribution in [-0.4, -0.2) is 70.6 Å². The minimum Gasteiger partial charge on any atom is -0.403 e. The van der Waals surface area contributed by atoms with Crippen LogP contribution in [0.25, 0.3) is 28.0 Å². The molecule has 6 N–H and O–H groups in total. The number of aromatic nitrogens is 3. The van der Waals surface area contributed by atoms with Crippen LogP contribution in [0.5, 0.6) is 5.75 Å². The van der Waals surface area contributed by atoms with E-state index in [2.05, 4.69) is 25.3 Å². The van der Waals surface area contributed by atoms with Gasteiger partial charge in [-0.2, -0.15) is 16.7 Å². The summed E-state index contributed by atoms with van der Waals surface area (Å²) in [6.45, 7) is 2.79. The van der Waals surface area contributed by atoms with E-state index in [1.165, 1.54) is 17.7 Å². The lowest BCUT2D eigenvalue weighted by Crippen LogP contribution is -2.42. The SMILES string of the molecule is COC[C@H](N)CCCc1cc(OC(F)(F)F)c(F)c(-c2cc3cn(-c4ccc([C@@H]5CSC[C@@H](CCNC(C)=N)N5)cc4)c(=O)nc3[nH]2)c1. The van der Waals surface area contributed by atoms with E-state index < -0.39 is 23.6 Å². The Bertz CT molecular complexity index is 1780. The number of aromatic amines is 1. The molecule has 5 rings (SSSR count). The molecule has 0 spiro atoms. The highest BCUT2D eigenvalue weighted by molar-refractivity contribution is 7.99. The fourth-order valence-corrected chi connectivity index (χ4v) is 6.96. The van der Waals surface area contributed by atoms with Crippen molar-refractivity contribution in [2.45, 2.75) is 57.1 Å². The van der Waals surface area contributed by atoms with Crippen LogP contribution in [0.1, 0.15) is 43.4 Å². The van der Waals surface area contributed by atoms with E-state index in [0.717, 1.165) is 36.1 Å². The molecule has 2 aromatic carbocycles. The van der Waals surface area contributed by atoms with Gasteiger partial charge in [-0.3, -0.25) is 9.98 Å². The zero-order valence-corrected chi connectivity index (χ0v) is 27.4. The number of amidine groups is 1. The van der Waals surface area contributed by atoms with Crippen molar-refractivity contribution >= 4 is 28.6 Å². The van der Waals surface area contributed by atoms with Crippen LogP contribution >= 0.6 is 11.8 Å². The maximum absolute atomic E-state index is 15.5. The average molecular weight is 690 g/mol. The third-order valence-corrected chi connectivity index (χ3v) is 9.25. The molecule has 258 valence electrons. The number of nitrogens with two attached hydrogens (primary N) is 1. The third-order valence-electron chi connectivity index (χ3n) is 8.04. The predicted molar refractivity (Wildman–Crippen MR) is 180 cm³/mol. The van der Waals surface area contributed by atoms with Gasteiger partial charge in [-0.05, 0) is 74.1 Å². The van der Waals surface area contributed by atoms with Crippen molar-refractivity contribution in [1.29, 1.82) is 5.41 Å². The zero-order chi connectivity index (χ0) is 34.4. The molecular weight excluding hydrogens is 650 g/mol. The lowest BCUT2D eigenvalue weighted by Gasteiger charge is -2.31. The number of hydrogen-bond acceptors (Lipinski definition) is 8. The van der Waals surface area contributed by atoms with Crippen molar-refractivity contribution in [1.82, 2.24) is 25.2 Å². The molecule has 1 aliphatic rings. The molecule has 0 aliphatic carbocycles. The number of rotatable bonds is 13. The highest BCUT2D eigenvalue weighted by atomic mass is 32.2. The van der Waals surface area contributed by atoms with Gasteiger partial charge >= 0.3 is 12.1 Å². The van der Waals surface area contributed by atoms with Crippen LogP contribution in [0.4, 0.5) is 17.6 Å². The summed E-state index contributed by atoms with van der Waals surface area (Å²) in [6.07, 6.45) is -1.22. The Morgan fingerprint density at radius 3 is 2.71 bits per heavy atom. The summed E-state index contributed by atoms with van der Waals surface area (Å²) in [5, 5.41) is 14.7. The van der Waals surface area contributed by atoms with Crippen molar-refractivity contribution in [3.8, 4) is 22.7 Å². The number of thioether (sulfide) groups is 1. The number of fused-ring (bicyclic) bond motifs is 1. The summed E-state index contributed by atoms with van der Waals surface area (Å²) in [7, 11) is 1.53. The van der Waals surface area contributed by atoms with E-state index in [1.54, 1.807) is 19.2 Å². The number of benzene rings is 2. The molecule has 48 heavy (non-hydrogen) atoms. The highest BCUT2D eigenvalue weighted by Gasteiger charge is 2.33. The molecule has 0 amide bonds. The first-order chi connectivity index (χ1) is 22.9. The van der Waals surface area contributed by atoms with Gasteiger partial charge in [0.15, 0.2) is 11.6 Å². The Labute approximate surface area is 279 Å². The zero-order valence-electron chi connectivity index (χ0n) is 26.6. The second-order valence-electron chi connectivity index (χ2n) is 11.9. The average Bonchev–Trinajstić information content (AvgIpc) is 3.44. The molecule has 0 radical (unpaired) electrons. The molecular formula is C33H39F4N7O3S. The topological polar surface area (TPSA) is 143 Å². The lowest BCUT2D eigenvalue weighted by atomic mass is 10.0. The summed E-state index contributed by atoms with van der Waals surface area (Å²) >= 11 is 1.87. The number of halogens is 4. The number of nitrogens with one attached hydrogen (secondary N) is 4. The highest BCUT2D eigenvalue weighted by Crippen LogP contribution is 2.35. The van der Waals surface area contributed by atoms with Crippen molar-refractivity contribution in [3.05, 3.63) is 76.1 Å². The second kappa shape index (κ2) is 15.5. The Hall–Kier alpha value is -3.92. The first-order valence-electron chi connectivity index (χ1n) is 15.6. The minimum absolute atomic E-state index is 0.132. The number of aryl methyl sites for hydroxylation is 1. The molecule has 0 saturated carbocycles. The number of nitrogens with zero attached hydrogens (tertiary/aromatic N) is 2. The van der Waals surface area contributed by atoms with Crippen molar-refractivity contribution in [3.63, 3.8) is 0 Å². The Morgan fingerprint density at radius 1 is 1.23 bits per heavy atom. The Morgan fingerprint density at radius 2 is 2.00 bits per heavy atom. The number of alkyl halides is 3. The number of H-pyrrole nitrogens is 1. The summed E-state index contributed by atoms with van der Waals surface area (Å²) < 4.78 is 65.5. The van der Waals surface area contributed by atoms with Gasteiger partial charge in [0, 0.05) is 60.4 Å². The summed E-state index contributed by atoms with van der Waals surface area (Å²) in [5.74, 6) is 0.199. The molecule has 2 aromatic heterocycles. The molecule has 15 heteroatoms. The predicted octanol–water partition coefficient (Wildman–Crippen LogP) is 5.44. The molecule has 0 bridgehead atoms. The third kappa shape index (κ3) is 9.15. The van der Waals surface area contributed by atoms with E-state index in [1.807, 2.05) is 36.0 Å². The molecule has 1 fully saturated rings. The van der Waals surface area contributed by atoms with Crippen molar-refractivity contribution < 1.29 is 27.0 Å². The fourth-order valence-electron chi connectivity index (χ4n) is 5.75. The van der Waals surface area contributed by atoms with Crippen molar-refractivity contribution in [2.24, 2.45) is 5.73 Å². The second-order valence-corrected chi connectivity index (χ2v) is 13.0. The maximum Gasteiger partial charge on any atom is 0.573 e. The largest absolute Gasteiger partial charge is 0.573 e. The standard InChI is InChI=1S/C33H39F4N7O3S/c1-19(38)40-11-10-24-17-48-18-28(41-24)21-6-8-25(9-7-21)44-15-22-14-27(42-31(22)43-32(44)45)26-12-20(4-3-5-23(39)16-46-2)13-29(30(26)34)47-33(35,36)37/h6-9,12-15,23-24,28,41H,3-5,10-11,16-18,39H2,1-2H3,(H2,38,40)(H,42,43,45)/t23-,24-,28+/m1/s1. The van der Waals surface area contributed by atoms with Gasteiger partial charge in [0.25, 0.3) is 0 Å². The molecule has 4 aromatic rings. The molecule has 1 saturated heterocycles. The van der Waals surface area contributed by atoms with Gasteiger partial charge in [-0.25, -0.2) is 9.18 Å². The number of methoxy groups -OCH3 is 1. The van der Waals surface area contributed by atoms with Gasteiger partial charge in [-0.1, -0.05) is 12.1 Å². The van der Waals surface area contributed by atoms with Gasteiger partial charge in [-0.15, -0.1) is 13.2 Å². The normalized spacial score (nSPS) is 17.4. The molecule has 3 atom stereocenters. The van der Waals surface area contributed by atoms with E-state index in [9.17, 15) is 18.0 Å².